The molecule has 2 nitrogen and oxygen atoms in total. The summed E-state index contributed by atoms with van der Waals surface area (Å²) in [6.45, 7) is 18.0. The van der Waals surface area contributed by atoms with Crippen LogP contribution in [0.1, 0.15) is 51.7 Å². The van der Waals surface area contributed by atoms with Gasteiger partial charge in [0.25, 0.3) is 0 Å². The van der Waals surface area contributed by atoms with Gasteiger partial charge in [0.05, 0.1) is 16.8 Å². The highest BCUT2D eigenvalue weighted by atomic mass is 127. The monoisotopic (exact) mass is 477 g/mol. The van der Waals surface area contributed by atoms with E-state index in [4.69, 9.17) is 4.43 Å². The average Bonchev–Trinajstić information content (AvgIpc) is 2.86. The van der Waals surface area contributed by atoms with Gasteiger partial charge in [-0.3, -0.25) is 0 Å². The number of rotatable bonds is 7. The van der Waals surface area contributed by atoms with Gasteiger partial charge in [0.15, 0.2) is 8.32 Å². The number of thiazole rings is 1. The molecule has 5 heteroatoms. The first-order chi connectivity index (χ1) is 11.0. The fourth-order valence-corrected chi connectivity index (χ4v) is 4.22. The number of aromatic nitrogens is 1. The summed E-state index contributed by atoms with van der Waals surface area (Å²) in [5.41, 5.74) is 3.73. The number of nitrogens with zero attached hydrogens (tertiary/aromatic N) is 1. The van der Waals surface area contributed by atoms with Crippen LogP contribution in [0, 0.1) is 6.92 Å². The standard InChI is InChI=1S/C19H32INOSSi/c1-14(12-20)9-10-18(22-24(7,8)19(4,5)6)15(2)11-17-13-23-16(3)21-17/h9,11,13,18H,10,12H2,1-8H3/t18-/m0/s1. The lowest BCUT2D eigenvalue weighted by Gasteiger charge is -2.39. The summed E-state index contributed by atoms with van der Waals surface area (Å²) in [6, 6.07) is 0. The Morgan fingerprint density at radius 1 is 1.38 bits per heavy atom. The normalized spacial score (nSPS) is 15.7. The van der Waals surface area contributed by atoms with Gasteiger partial charge in [-0.2, -0.15) is 0 Å². The van der Waals surface area contributed by atoms with Gasteiger partial charge < -0.3 is 4.43 Å². The van der Waals surface area contributed by atoms with Crippen LogP contribution in [0.15, 0.2) is 22.6 Å². The molecule has 24 heavy (non-hydrogen) atoms. The topological polar surface area (TPSA) is 22.1 Å². The lowest BCUT2D eigenvalue weighted by Crippen LogP contribution is -2.44. The summed E-state index contributed by atoms with van der Waals surface area (Å²) >= 11 is 4.11. The maximum absolute atomic E-state index is 6.74. The van der Waals surface area contributed by atoms with E-state index in [0.717, 1.165) is 21.5 Å². The molecular weight excluding hydrogens is 445 g/mol. The van der Waals surface area contributed by atoms with E-state index in [1.54, 1.807) is 11.3 Å². The minimum absolute atomic E-state index is 0.130. The summed E-state index contributed by atoms with van der Waals surface area (Å²) in [7, 11) is -1.81. The Kier molecular flexibility index (Phi) is 8.36. The SMILES string of the molecule is CC(=CC[C@H](O[Si](C)(C)C(C)(C)C)C(C)=Cc1csc(C)n1)CI. The third kappa shape index (κ3) is 6.73. The summed E-state index contributed by atoms with van der Waals surface area (Å²) in [5.74, 6) is 0. The van der Waals surface area contributed by atoms with Crippen LogP contribution in [-0.2, 0) is 4.43 Å². The van der Waals surface area contributed by atoms with E-state index in [1.165, 1.54) is 11.1 Å². The number of hydrogen-bond donors (Lipinski definition) is 0. The van der Waals surface area contributed by atoms with Crippen molar-refractivity contribution in [3.05, 3.63) is 33.3 Å². The van der Waals surface area contributed by atoms with Crippen LogP contribution in [0.4, 0.5) is 0 Å². The molecule has 0 aliphatic rings. The van der Waals surface area contributed by atoms with E-state index in [1.807, 2.05) is 6.92 Å². The maximum Gasteiger partial charge on any atom is 0.192 e. The molecule has 0 spiro atoms. The predicted octanol–water partition coefficient (Wildman–Crippen LogP) is 7.02. The van der Waals surface area contributed by atoms with Crippen molar-refractivity contribution in [2.75, 3.05) is 4.43 Å². The molecule has 1 rings (SSSR count). The number of hydrogen-bond acceptors (Lipinski definition) is 3. The van der Waals surface area contributed by atoms with Gasteiger partial charge >= 0.3 is 0 Å². The van der Waals surface area contributed by atoms with Gasteiger partial charge in [0.1, 0.15) is 0 Å². The molecule has 0 aliphatic carbocycles. The number of halogens is 1. The Balaban J connectivity index is 3.06. The highest BCUT2D eigenvalue weighted by Crippen LogP contribution is 2.38. The molecule has 1 aromatic heterocycles. The lowest BCUT2D eigenvalue weighted by atomic mass is 10.1. The van der Waals surface area contributed by atoms with E-state index < -0.39 is 8.32 Å². The van der Waals surface area contributed by atoms with Crippen molar-refractivity contribution in [3.8, 4) is 0 Å². The van der Waals surface area contributed by atoms with Gasteiger partial charge in [-0.15, -0.1) is 11.3 Å². The molecule has 0 N–H and O–H groups in total. The molecule has 0 bridgehead atoms. The van der Waals surface area contributed by atoms with Crippen LogP contribution in [-0.4, -0.2) is 23.8 Å². The largest absolute Gasteiger partial charge is 0.410 e. The summed E-state index contributed by atoms with van der Waals surface area (Å²) in [5, 5.41) is 3.44. The molecule has 0 aliphatic heterocycles. The molecule has 0 saturated heterocycles. The molecule has 1 heterocycles. The quantitative estimate of drug-likeness (QED) is 0.182. The van der Waals surface area contributed by atoms with E-state index in [-0.39, 0.29) is 11.1 Å². The summed E-state index contributed by atoms with van der Waals surface area (Å²) in [6.07, 6.45) is 5.58. The smallest absolute Gasteiger partial charge is 0.192 e. The summed E-state index contributed by atoms with van der Waals surface area (Å²) in [4.78, 5) is 4.57. The maximum atomic E-state index is 6.74. The number of aryl methyl sites for hydroxylation is 1. The van der Waals surface area contributed by atoms with Crippen LogP contribution in [0.5, 0.6) is 0 Å². The van der Waals surface area contributed by atoms with E-state index in [0.29, 0.717) is 0 Å². The van der Waals surface area contributed by atoms with Gasteiger partial charge in [-0.25, -0.2) is 4.98 Å². The third-order valence-electron chi connectivity index (χ3n) is 4.65. The first-order valence-electron chi connectivity index (χ1n) is 8.46. The Morgan fingerprint density at radius 2 is 2.00 bits per heavy atom. The molecule has 136 valence electrons. The zero-order chi connectivity index (χ0) is 18.5. The number of allylic oxidation sites excluding steroid dienone is 1. The summed E-state index contributed by atoms with van der Waals surface area (Å²) < 4.78 is 7.81. The van der Waals surface area contributed by atoms with Crippen LogP contribution >= 0.6 is 33.9 Å². The molecule has 0 fully saturated rings. The first-order valence-corrected chi connectivity index (χ1v) is 13.8. The van der Waals surface area contributed by atoms with Gasteiger partial charge in [-0.05, 0) is 57.0 Å². The fourth-order valence-electron chi connectivity index (χ4n) is 1.99. The molecule has 0 aromatic carbocycles. The van der Waals surface area contributed by atoms with E-state index in [2.05, 4.69) is 92.8 Å². The van der Waals surface area contributed by atoms with Crippen molar-refractivity contribution in [2.45, 2.75) is 72.2 Å². The van der Waals surface area contributed by atoms with Crippen LogP contribution in [0.2, 0.25) is 18.1 Å². The molecule has 0 amide bonds. The molecule has 0 radical (unpaired) electrons. The second-order valence-electron chi connectivity index (χ2n) is 7.97. The lowest BCUT2D eigenvalue weighted by molar-refractivity contribution is 0.217. The molecule has 0 saturated carbocycles. The second kappa shape index (κ2) is 9.10. The van der Waals surface area contributed by atoms with Gasteiger partial charge in [0.2, 0.25) is 0 Å². The molecule has 0 unspecified atom stereocenters. The van der Waals surface area contributed by atoms with Crippen LogP contribution in [0.25, 0.3) is 6.08 Å². The van der Waals surface area contributed by atoms with Crippen LogP contribution in [0.3, 0.4) is 0 Å². The fraction of sp³-hybridized carbons (Fsp3) is 0.632. The molecular formula is C19H32INOSSi. The van der Waals surface area contributed by atoms with Crippen molar-refractivity contribution in [3.63, 3.8) is 0 Å². The Bertz CT molecular complexity index is 599. The van der Waals surface area contributed by atoms with Crippen molar-refractivity contribution >= 4 is 48.3 Å². The molecule has 1 aromatic rings. The zero-order valence-electron chi connectivity index (χ0n) is 16.4. The second-order valence-corrected chi connectivity index (χ2v) is 14.5. The predicted molar refractivity (Wildman–Crippen MR) is 120 cm³/mol. The zero-order valence-corrected chi connectivity index (χ0v) is 20.3. The average molecular weight is 478 g/mol. The first kappa shape index (κ1) is 22.1. The van der Waals surface area contributed by atoms with Gasteiger partial charge in [0, 0.05) is 9.81 Å². The highest BCUT2D eigenvalue weighted by Gasteiger charge is 2.39. The minimum atomic E-state index is -1.81. The van der Waals surface area contributed by atoms with Crippen molar-refractivity contribution in [2.24, 2.45) is 0 Å². The Morgan fingerprint density at radius 3 is 2.46 bits per heavy atom. The van der Waals surface area contributed by atoms with Crippen molar-refractivity contribution in [1.82, 2.24) is 4.98 Å². The highest BCUT2D eigenvalue weighted by molar-refractivity contribution is 14.1. The minimum Gasteiger partial charge on any atom is -0.410 e. The Labute approximate surface area is 167 Å². The molecule has 1 atom stereocenters. The van der Waals surface area contributed by atoms with E-state index >= 15 is 0 Å². The van der Waals surface area contributed by atoms with Crippen molar-refractivity contribution < 1.29 is 4.43 Å². The van der Waals surface area contributed by atoms with E-state index in [9.17, 15) is 0 Å². The Hall–Kier alpha value is 0.0169. The van der Waals surface area contributed by atoms with Crippen LogP contribution < -0.4 is 0 Å². The third-order valence-corrected chi connectivity index (χ3v) is 11.1. The van der Waals surface area contributed by atoms with Gasteiger partial charge in [-0.1, -0.05) is 55.0 Å². The number of alkyl halides is 1. The van der Waals surface area contributed by atoms with Crippen molar-refractivity contribution in [1.29, 1.82) is 0 Å².